The van der Waals surface area contributed by atoms with Crippen molar-refractivity contribution in [2.75, 3.05) is 51.3 Å². The van der Waals surface area contributed by atoms with Crippen molar-refractivity contribution in [2.24, 2.45) is 0 Å². The Balaban J connectivity index is 1.26. The van der Waals surface area contributed by atoms with E-state index in [1.807, 2.05) is 23.1 Å². The van der Waals surface area contributed by atoms with E-state index in [9.17, 15) is 9.59 Å². The molecule has 1 saturated heterocycles. The van der Waals surface area contributed by atoms with E-state index in [0.29, 0.717) is 25.0 Å². The van der Waals surface area contributed by atoms with Crippen LogP contribution in [0.3, 0.4) is 0 Å². The number of methoxy groups -OCH3 is 1. The van der Waals surface area contributed by atoms with Crippen LogP contribution in [0.2, 0.25) is 0 Å². The number of fused-ring (bicyclic) bond motifs is 3. The van der Waals surface area contributed by atoms with Crippen molar-refractivity contribution in [3.05, 3.63) is 51.4 Å². The van der Waals surface area contributed by atoms with Crippen molar-refractivity contribution in [2.45, 2.75) is 26.4 Å². The third-order valence-electron chi connectivity index (χ3n) is 6.72. The number of aromatic nitrogens is 2. The third-order valence-corrected chi connectivity index (χ3v) is 7.92. The molecule has 2 aromatic heterocycles. The number of piperazine rings is 1. The molecular formula is C24H29N5O3S. The van der Waals surface area contributed by atoms with Crippen LogP contribution in [-0.4, -0.2) is 71.6 Å². The molecule has 0 atom stereocenters. The van der Waals surface area contributed by atoms with Gasteiger partial charge in [0, 0.05) is 69.7 Å². The van der Waals surface area contributed by atoms with Crippen molar-refractivity contribution in [3.63, 3.8) is 0 Å². The summed E-state index contributed by atoms with van der Waals surface area (Å²) in [6.07, 6.45) is 2.48. The molecular weight excluding hydrogens is 438 g/mol. The quantitative estimate of drug-likeness (QED) is 0.573. The maximum Gasteiger partial charge on any atom is 0.262 e. The van der Waals surface area contributed by atoms with E-state index >= 15 is 0 Å². The van der Waals surface area contributed by atoms with Gasteiger partial charge in [0.1, 0.15) is 10.6 Å². The SMILES string of the molecule is COc1ccccc1N1CCN(CCn2cnc3sc4c(c3c2=O)CN(C(C)=O)CC4)CC1. The second-order valence-corrected chi connectivity index (χ2v) is 9.70. The predicted octanol–water partition coefficient (Wildman–Crippen LogP) is 2.19. The highest BCUT2D eigenvalue weighted by Crippen LogP contribution is 2.32. The first kappa shape index (κ1) is 21.9. The summed E-state index contributed by atoms with van der Waals surface area (Å²) in [7, 11) is 1.71. The van der Waals surface area contributed by atoms with Crippen molar-refractivity contribution in [1.29, 1.82) is 0 Å². The van der Waals surface area contributed by atoms with E-state index in [-0.39, 0.29) is 11.5 Å². The molecule has 0 N–H and O–H groups in total. The molecule has 2 aliphatic heterocycles. The number of benzene rings is 1. The Morgan fingerprint density at radius 1 is 1.12 bits per heavy atom. The summed E-state index contributed by atoms with van der Waals surface area (Å²) in [5.74, 6) is 0.954. The third kappa shape index (κ3) is 4.22. The minimum Gasteiger partial charge on any atom is -0.495 e. The number of anilines is 1. The van der Waals surface area contributed by atoms with Crippen molar-refractivity contribution in [3.8, 4) is 5.75 Å². The van der Waals surface area contributed by atoms with Gasteiger partial charge in [-0.2, -0.15) is 0 Å². The highest BCUT2D eigenvalue weighted by atomic mass is 32.1. The zero-order chi connectivity index (χ0) is 22.9. The Hall–Kier alpha value is -2.91. The van der Waals surface area contributed by atoms with Gasteiger partial charge in [-0.25, -0.2) is 4.98 Å². The standard InChI is InChI=1S/C24H29N5O3S/c1-17(30)28-8-7-21-18(15-28)22-23(33-21)25-16-29(24(22)31)14-11-26-9-12-27(13-10-26)19-5-3-4-6-20(19)32-2/h3-6,16H,7-15H2,1-2H3. The van der Waals surface area contributed by atoms with Crippen LogP contribution in [-0.2, 0) is 24.3 Å². The molecule has 9 heteroatoms. The van der Waals surface area contributed by atoms with E-state index in [1.165, 1.54) is 4.88 Å². The van der Waals surface area contributed by atoms with Crippen LogP contribution in [0.1, 0.15) is 17.4 Å². The first-order valence-electron chi connectivity index (χ1n) is 11.4. The summed E-state index contributed by atoms with van der Waals surface area (Å²) in [6.45, 7) is 7.94. The number of thiophene rings is 1. The van der Waals surface area contributed by atoms with Crippen LogP contribution in [0.25, 0.3) is 10.2 Å². The van der Waals surface area contributed by atoms with Crippen LogP contribution in [0.5, 0.6) is 5.75 Å². The molecule has 5 rings (SSSR count). The van der Waals surface area contributed by atoms with E-state index in [2.05, 4.69) is 20.9 Å². The van der Waals surface area contributed by atoms with E-state index in [4.69, 9.17) is 4.74 Å². The molecule has 1 amide bonds. The second kappa shape index (κ2) is 9.15. The molecule has 0 unspecified atom stereocenters. The Labute approximate surface area is 197 Å². The molecule has 1 aromatic carbocycles. The summed E-state index contributed by atoms with van der Waals surface area (Å²) in [6, 6.07) is 8.13. The number of carbonyl (C=O) groups excluding carboxylic acids is 1. The van der Waals surface area contributed by atoms with Crippen LogP contribution in [0.15, 0.2) is 35.4 Å². The lowest BCUT2D eigenvalue weighted by Crippen LogP contribution is -2.47. The molecule has 0 spiro atoms. The van der Waals surface area contributed by atoms with Crippen LogP contribution in [0.4, 0.5) is 5.69 Å². The average molecular weight is 468 g/mol. The zero-order valence-corrected chi connectivity index (χ0v) is 19.9. The number of hydrogen-bond acceptors (Lipinski definition) is 7. The molecule has 2 aliphatic rings. The number of para-hydroxylation sites is 2. The zero-order valence-electron chi connectivity index (χ0n) is 19.1. The molecule has 1 fully saturated rings. The van der Waals surface area contributed by atoms with Gasteiger partial charge in [0.2, 0.25) is 5.91 Å². The monoisotopic (exact) mass is 467 g/mol. The highest BCUT2D eigenvalue weighted by Gasteiger charge is 2.25. The average Bonchev–Trinajstić information content (AvgIpc) is 3.22. The number of ether oxygens (including phenoxy) is 1. The maximum atomic E-state index is 13.3. The fourth-order valence-electron chi connectivity index (χ4n) is 4.78. The Morgan fingerprint density at radius 3 is 2.67 bits per heavy atom. The molecule has 0 saturated carbocycles. The Bertz CT molecular complexity index is 1230. The molecule has 8 nitrogen and oxygen atoms in total. The molecule has 0 radical (unpaired) electrons. The number of carbonyl (C=O) groups is 1. The van der Waals surface area contributed by atoms with E-state index in [0.717, 1.165) is 61.0 Å². The van der Waals surface area contributed by atoms with Gasteiger partial charge in [0.25, 0.3) is 5.56 Å². The summed E-state index contributed by atoms with van der Waals surface area (Å²) >= 11 is 1.60. The number of amides is 1. The van der Waals surface area contributed by atoms with Gasteiger partial charge in [-0.3, -0.25) is 19.1 Å². The molecule has 0 aliphatic carbocycles. The van der Waals surface area contributed by atoms with Crippen molar-refractivity contribution >= 4 is 33.1 Å². The Kier molecular flexibility index (Phi) is 6.07. The van der Waals surface area contributed by atoms with Gasteiger partial charge in [-0.1, -0.05) is 12.1 Å². The fourth-order valence-corrected chi connectivity index (χ4v) is 5.91. The van der Waals surface area contributed by atoms with Crippen molar-refractivity contribution < 1.29 is 9.53 Å². The van der Waals surface area contributed by atoms with Gasteiger partial charge in [-0.05, 0) is 18.6 Å². The first-order chi connectivity index (χ1) is 16.0. The lowest BCUT2D eigenvalue weighted by atomic mass is 10.1. The number of hydrogen-bond donors (Lipinski definition) is 0. The lowest BCUT2D eigenvalue weighted by Gasteiger charge is -2.36. The highest BCUT2D eigenvalue weighted by molar-refractivity contribution is 7.18. The minimum absolute atomic E-state index is 0.00978. The van der Waals surface area contributed by atoms with Crippen LogP contribution in [0, 0.1) is 0 Å². The molecule has 174 valence electrons. The van der Waals surface area contributed by atoms with Gasteiger partial charge >= 0.3 is 0 Å². The maximum absolute atomic E-state index is 13.3. The normalized spacial score (nSPS) is 16.8. The van der Waals surface area contributed by atoms with Gasteiger partial charge in [0.05, 0.1) is 24.5 Å². The molecule has 4 heterocycles. The fraction of sp³-hybridized carbons (Fsp3) is 0.458. The Morgan fingerprint density at radius 2 is 1.91 bits per heavy atom. The summed E-state index contributed by atoms with van der Waals surface area (Å²) < 4.78 is 7.24. The summed E-state index contributed by atoms with van der Waals surface area (Å²) in [5.41, 5.74) is 2.14. The topological polar surface area (TPSA) is 70.9 Å². The summed E-state index contributed by atoms with van der Waals surface area (Å²) in [4.78, 5) is 38.3. The van der Waals surface area contributed by atoms with Gasteiger partial charge in [-0.15, -0.1) is 11.3 Å². The van der Waals surface area contributed by atoms with Crippen LogP contribution >= 0.6 is 11.3 Å². The predicted molar refractivity (Wildman–Crippen MR) is 130 cm³/mol. The summed E-state index contributed by atoms with van der Waals surface area (Å²) in [5, 5.41) is 0.699. The van der Waals surface area contributed by atoms with Gasteiger partial charge < -0.3 is 14.5 Å². The largest absolute Gasteiger partial charge is 0.495 e. The van der Waals surface area contributed by atoms with Crippen molar-refractivity contribution in [1.82, 2.24) is 19.4 Å². The van der Waals surface area contributed by atoms with E-state index in [1.54, 1.807) is 36.3 Å². The lowest BCUT2D eigenvalue weighted by molar-refractivity contribution is -0.129. The van der Waals surface area contributed by atoms with Crippen LogP contribution < -0.4 is 15.2 Å². The molecule has 0 bridgehead atoms. The number of rotatable bonds is 5. The molecule has 3 aromatic rings. The second-order valence-electron chi connectivity index (χ2n) is 8.62. The van der Waals surface area contributed by atoms with Gasteiger partial charge in [0.15, 0.2) is 0 Å². The molecule has 33 heavy (non-hydrogen) atoms. The first-order valence-corrected chi connectivity index (χ1v) is 12.2. The number of nitrogens with zero attached hydrogens (tertiary/aromatic N) is 5. The minimum atomic E-state index is 0.00978. The van der Waals surface area contributed by atoms with E-state index < -0.39 is 0 Å². The smallest absolute Gasteiger partial charge is 0.262 e.